The standard InChI is InChI=1S/C25H31FN4O4S2/c1-14-19(36-13-28-14)16-6-4-15(5-7-16)11-27-21(32)18-10-17(31)12-30(18)22(33)20(24(2,3)35)29-23(34)25(26)8-9-25/h4-7,13,17-18,20,31,35H,8-12H2,1-3H3,(H,27,32)(H,29,34)/t17-,18-,20-/m1/s1. The summed E-state index contributed by atoms with van der Waals surface area (Å²) in [5.74, 6) is -1.83. The van der Waals surface area contributed by atoms with Gasteiger partial charge in [0.2, 0.25) is 11.8 Å². The molecule has 2 fully saturated rings. The summed E-state index contributed by atoms with van der Waals surface area (Å²) in [4.78, 5) is 45.4. The lowest BCUT2D eigenvalue weighted by molar-refractivity contribution is -0.143. The lowest BCUT2D eigenvalue weighted by atomic mass is 10.0. The number of aliphatic hydroxyl groups is 1. The number of aromatic nitrogens is 1. The van der Waals surface area contributed by atoms with Crippen LogP contribution in [0.25, 0.3) is 10.4 Å². The van der Waals surface area contributed by atoms with Crippen LogP contribution in [0.5, 0.6) is 0 Å². The number of halogens is 1. The summed E-state index contributed by atoms with van der Waals surface area (Å²) >= 11 is 6.02. The largest absolute Gasteiger partial charge is 0.391 e. The summed E-state index contributed by atoms with van der Waals surface area (Å²) in [6, 6.07) is 5.70. The Hall–Kier alpha value is -2.50. The van der Waals surface area contributed by atoms with Crippen LogP contribution in [-0.4, -0.2) is 67.9 Å². The molecule has 0 radical (unpaired) electrons. The maximum Gasteiger partial charge on any atom is 0.258 e. The van der Waals surface area contributed by atoms with E-state index in [2.05, 4.69) is 28.2 Å². The summed E-state index contributed by atoms with van der Waals surface area (Å²) < 4.78 is 13.2. The molecule has 36 heavy (non-hydrogen) atoms. The van der Waals surface area contributed by atoms with E-state index in [1.807, 2.05) is 31.2 Å². The number of benzene rings is 1. The molecule has 0 unspecified atom stereocenters. The number of aliphatic hydroxyl groups excluding tert-OH is 1. The molecule has 4 rings (SSSR count). The van der Waals surface area contributed by atoms with E-state index in [9.17, 15) is 23.9 Å². The first-order valence-electron chi connectivity index (χ1n) is 11.9. The molecule has 2 aromatic rings. The van der Waals surface area contributed by atoms with Gasteiger partial charge in [0.25, 0.3) is 5.91 Å². The van der Waals surface area contributed by atoms with Crippen molar-refractivity contribution in [3.05, 3.63) is 41.0 Å². The van der Waals surface area contributed by atoms with E-state index in [1.165, 1.54) is 4.90 Å². The average molecular weight is 535 g/mol. The van der Waals surface area contributed by atoms with E-state index in [0.717, 1.165) is 21.7 Å². The monoisotopic (exact) mass is 534 g/mol. The fourth-order valence-electron chi connectivity index (χ4n) is 4.27. The number of aryl methyl sites for hydroxylation is 1. The summed E-state index contributed by atoms with van der Waals surface area (Å²) in [6.07, 6.45) is -0.584. The number of carbonyl (C=O) groups excluding carboxylic acids is 3. The van der Waals surface area contributed by atoms with Crippen LogP contribution in [-0.2, 0) is 20.9 Å². The van der Waals surface area contributed by atoms with Crippen LogP contribution >= 0.6 is 24.0 Å². The SMILES string of the molecule is Cc1ncsc1-c1ccc(CNC(=O)[C@H]2C[C@@H](O)CN2C(=O)[C@@H](NC(=O)C2(F)CC2)C(C)(C)S)cc1. The smallest absolute Gasteiger partial charge is 0.258 e. The van der Waals surface area contributed by atoms with Crippen LogP contribution in [0.1, 0.15) is 44.4 Å². The average Bonchev–Trinajstić information content (AvgIpc) is 3.23. The zero-order valence-corrected chi connectivity index (χ0v) is 22.2. The van der Waals surface area contributed by atoms with Crippen LogP contribution in [0.4, 0.5) is 4.39 Å². The van der Waals surface area contributed by atoms with Crippen LogP contribution < -0.4 is 10.6 Å². The molecule has 1 saturated heterocycles. The highest BCUT2D eigenvalue weighted by Crippen LogP contribution is 2.40. The van der Waals surface area contributed by atoms with E-state index >= 15 is 0 Å². The van der Waals surface area contributed by atoms with Gasteiger partial charge in [0.15, 0.2) is 5.67 Å². The number of carbonyl (C=O) groups is 3. The van der Waals surface area contributed by atoms with E-state index in [0.29, 0.717) is 0 Å². The normalized spacial score (nSPS) is 21.7. The topological polar surface area (TPSA) is 112 Å². The van der Waals surface area contributed by atoms with Crippen molar-refractivity contribution in [3.63, 3.8) is 0 Å². The number of likely N-dealkylation sites (tertiary alicyclic amines) is 1. The minimum Gasteiger partial charge on any atom is -0.391 e. The summed E-state index contributed by atoms with van der Waals surface area (Å²) in [5, 5.41) is 15.6. The van der Waals surface area contributed by atoms with Crippen LogP contribution in [0.2, 0.25) is 0 Å². The third-order valence-corrected chi connectivity index (χ3v) is 7.85. The number of hydrogen-bond donors (Lipinski definition) is 4. The van der Waals surface area contributed by atoms with Gasteiger partial charge in [-0.3, -0.25) is 14.4 Å². The first-order chi connectivity index (χ1) is 16.9. The molecule has 8 nitrogen and oxygen atoms in total. The van der Waals surface area contributed by atoms with Crippen molar-refractivity contribution in [1.29, 1.82) is 0 Å². The van der Waals surface area contributed by atoms with Crippen molar-refractivity contribution in [2.75, 3.05) is 6.54 Å². The van der Waals surface area contributed by atoms with Crippen molar-refractivity contribution in [3.8, 4) is 10.4 Å². The molecule has 1 aliphatic heterocycles. The maximum atomic E-state index is 14.3. The Morgan fingerprint density at radius 1 is 1.31 bits per heavy atom. The molecule has 0 spiro atoms. The van der Waals surface area contributed by atoms with Crippen LogP contribution in [0.3, 0.4) is 0 Å². The van der Waals surface area contributed by atoms with Gasteiger partial charge in [-0.1, -0.05) is 24.3 Å². The first-order valence-corrected chi connectivity index (χ1v) is 13.2. The molecule has 1 saturated carbocycles. The molecule has 1 aromatic heterocycles. The Labute approximate surface area is 219 Å². The molecule has 11 heteroatoms. The lowest BCUT2D eigenvalue weighted by Crippen LogP contribution is -2.60. The highest BCUT2D eigenvalue weighted by Gasteiger charge is 2.53. The molecule has 3 atom stereocenters. The van der Waals surface area contributed by atoms with Crippen molar-refractivity contribution in [2.45, 2.75) is 75.2 Å². The number of nitrogens with one attached hydrogen (secondary N) is 2. The Bertz CT molecular complexity index is 1140. The zero-order chi connectivity index (χ0) is 26.3. The molecular weight excluding hydrogens is 503 g/mol. The molecule has 1 aliphatic carbocycles. The molecule has 0 bridgehead atoms. The quantitative estimate of drug-likeness (QED) is 0.389. The van der Waals surface area contributed by atoms with Gasteiger partial charge in [0, 0.05) is 24.3 Å². The molecular formula is C25H31FN4O4S2. The lowest BCUT2D eigenvalue weighted by Gasteiger charge is -2.35. The second-order valence-corrected chi connectivity index (χ2v) is 12.1. The molecule has 1 aromatic carbocycles. The Morgan fingerprint density at radius 2 is 1.97 bits per heavy atom. The molecule has 2 heterocycles. The van der Waals surface area contributed by atoms with E-state index in [1.54, 1.807) is 30.7 Å². The number of nitrogens with zero attached hydrogens (tertiary/aromatic N) is 2. The number of alkyl halides is 1. The zero-order valence-electron chi connectivity index (χ0n) is 20.5. The van der Waals surface area contributed by atoms with Gasteiger partial charge in [-0.05, 0) is 44.7 Å². The van der Waals surface area contributed by atoms with Crippen molar-refractivity contribution >= 4 is 41.7 Å². The van der Waals surface area contributed by atoms with Gasteiger partial charge in [-0.15, -0.1) is 11.3 Å². The number of β-amino-alcohol motifs (C(OH)–C–C–N with tert-alkyl or cyclic N) is 1. The van der Waals surface area contributed by atoms with Crippen molar-refractivity contribution in [2.24, 2.45) is 0 Å². The molecule has 194 valence electrons. The second-order valence-electron chi connectivity index (χ2n) is 10.1. The third-order valence-electron chi connectivity index (χ3n) is 6.62. The Kier molecular flexibility index (Phi) is 7.45. The Morgan fingerprint density at radius 3 is 2.53 bits per heavy atom. The minimum atomic E-state index is -1.95. The fraction of sp³-hybridized carbons (Fsp3) is 0.520. The van der Waals surface area contributed by atoms with Crippen LogP contribution in [0, 0.1) is 6.92 Å². The predicted octanol–water partition coefficient (Wildman–Crippen LogP) is 2.39. The van der Waals surface area contributed by atoms with Crippen LogP contribution in [0.15, 0.2) is 29.8 Å². The number of amides is 3. The number of thiol groups is 1. The third kappa shape index (κ3) is 5.73. The van der Waals surface area contributed by atoms with Gasteiger partial charge in [0.1, 0.15) is 12.1 Å². The van der Waals surface area contributed by atoms with Crippen molar-refractivity contribution in [1.82, 2.24) is 20.5 Å². The maximum absolute atomic E-state index is 14.3. The van der Waals surface area contributed by atoms with Crippen molar-refractivity contribution < 1.29 is 23.9 Å². The summed E-state index contributed by atoms with van der Waals surface area (Å²) in [5.41, 5.74) is 2.74. The van der Waals surface area contributed by atoms with Gasteiger partial charge >= 0.3 is 0 Å². The highest BCUT2D eigenvalue weighted by atomic mass is 32.1. The van der Waals surface area contributed by atoms with E-state index < -0.39 is 46.3 Å². The van der Waals surface area contributed by atoms with Gasteiger partial charge in [-0.25, -0.2) is 9.37 Å². The van der Waals surface area contributed by atoms with E-state index in [4.69, 9.17) is 0 Å². The van der Waals surface area contributed by atoms with E-state index in [-0.39, 0.29) is 32.4 Å². The number of rotatable bonds is 8. The van der Waals surface area contributed by atoms with Gasteiger partial charge in [-0.2, -0.15) is 12.6 Å². The Balaban J connectivity index is 1.42. The predicted molar refractivity (Wildman–Crippen MR) is 138 cm³/mol. The number of thiazole rings is 1. The summed E-state index contributed by atoms with van der Waals surface area (Å²) in [6.45, 7) is 5.41. The summed E-state index contributed by atoms with van der Waals surface area (Å²) in [7, 11) is 0. The molecule has 3 N–H and O–H groups in total. The fourth-order valence-corrected chi connectivity index (χ4v) is 5.26. The highest BCUT2D eigenvalue weighted by molar-refractivity contribution is 7.81. The minimum absolute atomic E-state index is 0.0587. The second kappa shape index (κ2) is 10.1. The molecule has 2 aliphatic rings. The number of hydrogen-bond acceptors (Lipinski definition) is 7. The van der Waals surface area contributed by atoms with Gasteiger partial charge in [0.05, 0.1) is 22.2 Å². The first kappa shape index (κ1) is 26.6. The van der Waals surface area contributed by atoms with Gasteiger partial charge < -0.3 is 20.6 Å². The molecule has 3 amide bonds.